The normalized spacial score (nSPS) is 53.0. The van der Waals surface area contributed by atoms with Crippen LogP contribution in [0.4, 0.5) is 4.39 Å². The molecule has 0 bridgehead atoms. The molecule has 5 aliphatic rings. The first kappa shape index (κ1) is 28.9. The van der Waals surface area contributed by atoms with Gasteiger partial charge in [-0.15, -0.1) is 0 Å². The lowest BCUT2D eigenvalue weighted by molar-refractivity contribution is -0.341. The average Bonchev–Trinajstić information content (AvgIpc) is 3.11. The summed E-state index contributed by atoms with van der Waals surface area (Å²) in [4.78, 5) is 25.7. The number of halogens is 1. The van der Waals surface area contributed by atoms with E-state index in [4.69, 9.17) is 9.47 Å². The number of hydrogen-bond donors (Lipinski definition) is 6. The van der Waals surface area contributed by atoms with Crippen molar-refractivity contribution < 1.29 is 54.1 Å². The summed E-state index contributed by atoms with van der Waals surface area (Å²) >= 11 is 0. The standard InChI is InChI=1S/C28H39FO10/c1-13-8-17-16-5-4-14-9-15(32)6-7-25(14,2)27(16,29)19(33)10-26(17,3)28(13,20(34)12-31)39-24-23(37)22(36)21(35)18(11-30)38-24/h6-7,9,13,16-19,21-24,30-31,33,35-37H,4-5,8,10-12H2,1-3H3/t13-,16+,17+,18-,19+,21-,22+,23-,24+,25+,26+,27+,28+/m1/s1. The van der Waals surface area contributed by atoms with Gasteiger partial charge in [0.15, 0.2) is 23.5 Å². The number of aliphatic hydroxyl groups is 6. The van der Waals surface area contributed by atoms with Gasteiger partial charge in [0, 0.05) is 16.7 Å². The van der Waals surface area contributed by atoms with Gasteiger partial charge in [-0.2, -0.15) is 0 Å². The molecule has 218 valence electrons. The first-order valence-corrected chi connectivity index (χ1v) is 13.7. The number of aliphatic hydroxyl groups excluding tert-OH is 6. The monoisotopic (exact) mass is 554 g/mol. The van der Waals surface area contributed by atoms with Gasteiger partial charge in [0.05, 0.1) is 12.7 Å². The Hall–Kier alpha value is -1.57. The highest BCUT2D eigenvalue weighted by molar-refractivity contribution is 6.01. The second-order valence-corrected chi connectivity index (χ2v) is 12.5. The molecule has 10 nitrogen and oxygen atoms in total. The second kappa shape index (κ2) is 9.49. The molecule has 0 amide bonds. The van der Waals surface area contributed by atoms with Crippen LogP contribution in [-0.2, 0) is 19.1 Å². The van der Waals surface area contributed by atoms with Crippen LogP contribution in [0.1, 0.15) is 46.5 Å². The molecular weight excluding hydrogens is 515 g/mol. The number of rotatable bonds is 5. The van der Waals surface area contributed by atoms with Gasteiger partial charge in [-0.25, -0.2) is 4.39 Å². The van der Waals surface area contributed by atoms with Gasteiger partial charge in [0.1, 0.15) is 36.6 Å². The predicted molar refractivity (Wildman–Crippen MR) is 133 cm³/mol. The maximum Gasteiger partial charge on any atom is 0.190 e. The summed E-state index contributed by atoms with van der Waals surface area (Å²) in [5.41, 5.74) is -5.82. The fourth-order valence-corrected chi connectivity index (χ4v) is 8.91. The van der Waals surface area contributed by atoms with Crippen molar-refractivity contribution in [2.24, 2.45) is 28.6 Å². The van der Waals surface area contributed by atoms with Crippen LogP contribution in [0.25, 0.3) is 0 Å². The van der Waals surface area contributed by atoms with Gasteiger partial charge in [-0.1, -0.05) is 25.5 Å². The van der Waals surface area contributed by atoms with E-state index in [1.54, 1.807) is 20.8 Å². The van der Waals surface area contributed by atoms with Gasteiger partial charge >= 0.3 is 0 Å². The lowest BCUT2D eigenvalue weighted by Crippen LogP contribution is -2.71. The zero-order valence-electron chi connectivity index (χ0n) is 22.4. The van der Waals surface area contributed by atoms with E-state index < -0.39 is 95.7 Å². The number of alkyl halides is 1. The Morgan fingerprint density at radius 1 is 1.13 bits per heavy atom. The lowest BCUT2D eigenvalue weighted by Gasteiger charge is -2.63. The van der Waals surface area contributed by atoms with Gasteiger partial charge in [0.25, 0.3) is 0 Å². The van der Waals surface area contributed by atoms with Crippen LogP contribution in [0.5, 0.6) is 0 Å². The van der Waals surface area contributed by atoms with Crippen molar-refractivity contribution in [3.05, 3.63) is 23.8 Å². The molecule has 13 atom stereocenters. The molecule has 3 saturated carbocycles. The Morgan fingerprint density at radius 2 is 1.82 bits per heavy atom. The summed E-state index contributed by atoms with van der Waals surface area (Å²) in [5.74, 6) is -2.80. The van der Waals surface area contributed by atoms with Crippen molar-refractivity contribution >= 4 is 11.6 Å². The number of hydrogen-bond acceptors (Lipinski definition) is 10. The number of carbonyl (C=O) groups is 2. The SMILES string of the molecule is C[C@@H]1C[C@H]2[C@@H]3CCC4=CC(=O)C=C[C@]4(C)[C@@]3(F)[C@@H](O)C[C@]2(C)[C@@]1(O[C@@H]1O[C@H](CO)[C@@H](O)[C@H](O)[C@H]1O)C(=O)CO. The molecule has 0 unspecified atom stereocenters. The number of carbonyl (C=O) groups excluding carboxylic acids is 2. The van der Waals surface area contributed by atoms with Crippen LogP contribution in [0.15, 0.2) is 23.8 Å². The van der Waals surface area contributed by atoms with E-state index in [1.165, 1.54) is 18.2 Å². The van der Waals surface area contributed by atoms with E-state index >= 15 is 4.39 Å². The molecule has 4 fully saturated rings. The molecule has 0 aromatic rings. The zero-order chi connectivity index (χ0) is 28.7. The Kier molecular flexibility index (Phi) is 7.04. The third-order valence-corrected chi connectivity index (χ3v) is 10.9. The van der Waals surface area contributed by atoms with Crippen LogP contribution in [0.3, 0.4) is 0 Å². The number of ketones is 2. The third-order valence-electron chi connectivity index (χ3n) is 10.9. The summed E-state index contributed by atoms with van der Waals surface area (Å²) in [7, 11) is 0. The van der Waals surface area contributed by atoms with Crippen LogP contribution < -0.4 is 0 Å². The molecular formula is C28H39FO10. The van der Waals surface area contributed by atoms with Crippen LogP contribution in [-0.4, -0.2) is 103 Å². The largest absolute Gasteiger partial charge is 0.394 e. The molecule has 1 saturated heterocycles. The number of ether oxygens (including phenoxy) is 2. The highest BCUT2D eigenvalue weighted by Crippen LogP contribution is 2.71. The molecule has 1 heterocycles. The molecule has 0 aromatic carbocycles. The minimum Gasteiger partial charge on any atom is -0.394 e. The van der Waals surface area contributed by atoms with Crippen LogP contribution >= 0.6 is 0 Å². The first-order valence-electron chi connectivity index (χ1n) is 13.7. The molecule has 39 heavy (non-hydrogen) atoms. The second-order valence-electron chi connectivity index (χ2n) is 12.5. The highest BCUT2D eigenvalue weighted by atomic mass is 19.1. The van der Waals surface area contributed by atoms with Crippen LogP contribution in [0, 0.1) is 28.6 Å². The molecule has 5 rings (SSSR count). The minimum absolute atomic E-state index is 0.219. The van der Waals surface area contributed by atoms with Crippen molar-refractivity contribution in [2.45, 2.75) is 94.5 Å². The van der Waals surface area contributed by atoms with Gasteiger partial charge in [0.2, 0.25) is 0 Å². The number of allylic oxidation sites excluding steroid dienone is 4. The van der Waals surface area contributed by atoms with E-state index in [2.05, 4.69) is 0 Å². The van der Waals surface area contributed by atoms with Crippen molar-refractivity contribution in [3.8, 4) is 0 Å². The Morgan fingerprint density at radius 3 is 2.46 bits per heavy atom. The maximum absolute atomic E-state index is 17.5. The summed E-state index contributed by atoms with van der Waals surface area (Å²) in [6.45, 7) is 3.50. The van der Waals surface area contributed by atoms with Gasteiger partial charge in [-0.05, 0) is 56.6 Å². The van der Waals surface area contributed by atoms with Crippen molar-refractivity contribution in [2.75, 3.05) is 13.2 Å². The predicted octanol–water partition coefficient (Wildman–Crippen LogP) is -0.280. The molecule has 11 heteroatoms. The quantitative estimate of drug-likeness (QED) is 0.265. The third kappa shape index (κ3) is 3.61. The molecule has 4 aliphatic carbocycles. The van der Waals surface area contributed by atoms with E-state index in [-0.39, 0.29) is 12.2 Å². The maximum atomic E-state index is 17.5. The van der Waals surface area contributed by atoms with E-state index in [0.717, 1.165) is 0 Å². The Balaban J connectivity index is 1.58. The fraction of sp³-hybridized carbons (Fsp3) is 0.786. The van der Waals surface area contributed by atoms with Crippen LogP contribution in [0.2, 0.25) is 0 Å². The Labute approximate surface area is 226 Å². The number of Topliss-reactive ketones (excluding diaryl/α,β-unsaturated/α-hetero) is 1. The molecule has 6 N–H and O–H groups in total. The Bertz CT molecular complexity index is 1090. The minimum atomic E-state index is -2.14. The average molecular weight is 555 g/mol. The fourth-order valence-electron chi connectivity index (χ4n) is 8.91. The first-order chi connectivity index (χ1) is 18.2. The van der Waals surface area contributed by atoms with Crippen molar-refractivity contribution in [1.29, 1.82) is 0 Å². The summed E-state index contributed by atoms with van der Waals surface area (Å²) in [6, 6.07) is 0. The topological polar surface area (TPSA) is 174 Å². The van der Waals surface area contributed by atoms with Gasteiger partial charge < -0.3 is 40.1 Å². The van der Waals surface area contributed by atoms with E-state index in [9.17, 15) is 40.2 Å². The van der Waals surface area contributed by atoms with E-state index in [1.807, 2.05) is 0 Å². The summed E-state index contributed by atoms with van der Waals surface area (Å²) in [5, 5.41) is 62.6. The molecule has 0 aromatic heterocycles. The molecule has 0 radical (unpaired) electrons. The summed E-state index contributed by atoms with van der Waals surface area (Å²) < 4.78 is 29.3. The molecule has 1 aliphatic heterocycles. The lowest BCUT2D eigenvalue weighted by atomic mass is 9.44. The van der Waals surface area contributed by atoms with Gasteiger partial charge in [-0.3, -0.25) is 9.59 Å². The van der Waals surface area contributed by atoms with Crippen molar-refractivity contribution in [3.63, 3.8) is 0 Å². The number of fused-ring (bicyclic) bond motifs is 5. The highest BCUT2D eigenvalue weighted by Gasteiger charge is 2.77. The summed E-state index contributed by atoms with van der Waals surface area (Å²) in [6.07, 6.45) is -4.53. The zero-order valence-corrected chi connectivity index (χ0v) is 22.4. The molecule has 0 spiro atoms. The van der Waals surface area contributed by atoms with E-state index in [0.29, 0.717) is 24.8 Å². The smallest absolute Gasteiger partial charge is 0.190 e. The van der Waals surface area contributed by atoms with Crippen molar-refractivity contribution in [1.82, 2.24) is 0 Å².